The Labute approximate surface area is 111 Å². The average molecular weight is 288 g/mol. The molecular formula is C11H16N2O3S2. The molecule has 1 heterocycles. The highest BCUT2D eigenvalue weighted by molar-refractivity contribution is 7.91. The number of thiophene rings is 1. The lowest BCUT2D eigenvalue weighted by Crippen LogP contribution is -2.28. The van der Waals surface area contributed by atoms with E-state index in [1.54, 1.807) is 11.9 Å². The van der Waals surface area contributed by atoms with E-state index in [2.05, 4.69) is 6.92 Å². The van der Waals surface area contributed by atoms with Crippen molar-refractivity contribution in [1.29, 1.82) is 0 Å². The van der Waals surface area contributed by atoms with Crippen molar-refractivity contribution in [3.05, 3.63) is 17.0 Å². The van der Waals surface area contributed by atoms with Crippen LogP contribution in [-0.4, -0.2) is 32.8 Å². The van der Waals surface area contributed by atoms with E-state index in [0.717, 1.165) is 24.3 Å². The van der Waals surface area contributed by atoms with Crippen molar-refractivity contribution in [2.24, 2.45) is 17.0 Å². The van der Waals surface area contributed by atoms with Gasteiger partial charge >= 0.3 is 0 Å². The minimum atomic E-state index is -3.71. The van der Waals surface area contributed by atoms with E-state index >= 15 is 0 Å². The maximum Gasteiger partial charge on any atom is 0.254 e. The zero-order chi connectivity index (χ0) is 13.5. The molecule has 5 nitrogen and oxygen atoms in total. The number of nitrogens with zero attached hydrogens (tertiary/aromatic N) is 1. The molecule has 100 valence electrons. The van der Waals surface area contributed by atoms with Crippen LogP contribution in [0.25, 0.3) is 0 Å². The molecule has 0 spiro atoms. The Morgan fingerprint density at radius 2 is 2.22 bits per heavy atom. The Bertz CT molecular complexity index is 565. The first kappa shape index (κ1) is 13.5. The smallest absolute Gasteiger partial charge is 0.254 e. The van der Waals surface area contributed by atoms with Crippen LogP contribution in [0.1, 0.15) is 23.7 Å². The molecule has 0 aromatic carbocycles. The molecule has 2 rings (SSSR count). The second-order valence-electron chi connectivity index (χ2n) is 4.86. The average Bonchev–Trinajstić information content (AvgIpc) is 2.81. The second-order valence-corrected chi connectivity index (χ2v) is 7.56. The fourth-order valence-electron chi connectivity index (χ4n) is 1.89. The summed E-state index contributed by atoms with van der Waals surface area (Å²) < 4.78 is 22.3. The molecule has 1 aliphatic carbocycles. The monoisotopic (exact) mass is 288 g/mol. The van der Waals surface area contributed by atoms with E-state index in [-0.39, 0.29) is 10.1 Å². The summed E-state index contributed by atoms with van der Waals surface area (Å²) in [5.41, 5.74) is 0.389. The summed E-state index contributed by atoms with van der Waals surface area (Å²) in [4.78, 5) is 13.7. The highest BCUT2D eigenvalue weighted by atomic mass is 32.2. The first-order chi connectivity index (χ1) is 8.29. The predicted octanol–water partition coefficient (Wildman–Crippen LogP) is 1.12. The van der Waals surface area contributed by atoms with Crippen LogP contribution >= 0.6 is 11.3 Å². The number of carbonyl (C=O) groups excluding carboxylic acids is 1. The maximum absolute atomic E-state index is 12.1. The van der Waals surface area contributed by atoms with Gasteiger partial charge in [-0.2, -0.15) is 0 Å². The molecule has 0 saturated heterocycles. The third-order valence-corrected chi connectivity index (χ3v) is 5.62. The minimum Gasteiger partial charge on any atom is -0.341 e. The zero-order valence-electron chi connectivity index (χ0n) is 10.3. The predicted molar refractivity (Wildman–Crippen MR) is 69.9 cm³/mol. The van der Waals surface area contributed by atoms with Gasteiger partial charge < -0.3 is 4.90 Å². The van der Waals surface area contributed by atoms with Crippen molar-refractivity contribution in [1.82, 2.24) is 4.90 Å². The minimum absolute atomic E-state index is 0.0269. The molecule has 2 N–H and O–H groups in total. The van der Waals surface area contributed by atoms with Crippen LogP contribution in [0.2, 0.25) is 0 Å². The van der Waals surface area contributed by atoms with E-state index in [9.17, 15) is 13.2 Å². The van der Waals surface area contributed by atoms with Gasteiger partial charge in [-0.05, 0) is 24.3 Å². The first-order valence-corrected chi connectivity index (χ1v) is 8.08. The Morgan fingerprint density at radius 1 is 1.61 bits per heavy atom. The summed E-state index contributed by atoms with van der Waals surface area (Å²) in [6, 6.07) is 1.34. The Hall–Kier alpha value is -0.920. The zero-order valence-corrected chi connectivity index (χ0v) is 11.9. The SMILES string of the molecule is CC1CC1CN(C)C(=O)c1csc(S(N)(=O)=O)c1. The number of amides is 1. The molecule has 0 aliphatic heterocycles. The fraction of sp³-hybridized carbons (Fsp3) is 0.545. The van der Waals surface area contributed by atoms with Crippen LogP contribution in [0.15, 0.2) is 15.7 Å². The number of hydrogen-bond acceptors (Lipinski definition) is 4. The van der Waals surface area contributed by atoms with E-state index in [4.69, 9.17) is 5.14 Å². The molecule has 0 radical (unpaired) electrons. The third kappa shape index (κ3) is 2.90. The number of primary sulfonamides is 1. The first-order valence-electron chi connectivity index (χ1n) is 5.66. The van der Waals surface area contributed by atoms with Crippen LogP contribution in [0.4, 0.5) is 0 Å². The molecule has 1 amide bonds. The lowest BCUT2D eigenvalue weighted by molar-refractivity contribution is 0.0787. The molecule has 18 heavy (non-hydrogen) atoms. The molecule has 0 bridgehead atoms. The standard InChI is InChI=1S/C11H16N2O3S2/c1-7-3-8(7)5-13(2)11(14)9-4-10(17-6-9)18(12,15)16/h4,6-8H,3,5H2,1-2H3,(H2,12,15,16). The van der Waals surface area contributed by atoms with Crippen molar-refractivity contribution in [2.75, 3.05) is 13.6 Å². The summed E-state index contributed by atoms with van der Waals surface area (Å²) in [5.74, 6) is 1.11. The van der Waals surface area contributed by atoms with E-state index in [1.165, 1.54) is 11.4 Å². The van der Waals surface area contributed by atoms with Gasteiger partial charge in [-0.15, -0.1) is 11.3 Å². The highest BCUT2D eigenvalue weighted by Crippen LogP contribution is 2.38. The Balaban J connectivity index is 2.06. The molecule has 7 heteroatoms. The van der Waals surface area contributed by atoms with Crippen molar-refractivity contribution in [3.8, 4) is 0 Å². The number of rotatable bonds is 4. The number of hydrogen-bond donors (Lipinski definition) is 1. The van der Waals surface area contributed by atoms with Gasteiger partial charge in [0.25, 0.3) is 5.91 Å². The quantitative estimate of drug-likeness (QED) is 0.901. The normalized spacial score (nSPS) is 22.8. The van der Waals surface area contributed by atoms with E-state index in [0.29, 0.717) is 17.4 Å². The van der Waals surface area contributed by atoms with Crippen molar-refractivity contribution in [2.45, 2.75) is 17.6 Å². The van der Waals surface area contributed by atoms with Gasteiger partial charge in [0.05, 0.1) is 5.56 Å². The largest absolute Gasteiger partial charge is 0.341 e. The molecule has 1 saturated carbocycles. The van der Waals surface area contributed by atoms with Gasteiger partial charge in [0, 0.05) is 19.0 Å². The lowest BCUT2D eigenvalue weighted by atomic mass is 10.2. The van der Waals surface area contributed by atoms with Crippen LogP contribution in [-0.2, 0) is 10.0 Å². The summed E-state index contributed by atoms with van der Waals surface area (Å²) >= 11 is 0.977. The van der Waals surface area contributed by atoms with E-state index < -0.39 is 10.0 Å². The van der Waals surface area contributed by atoms with Crippen LogP contribution < -0.4 is 5.14 Å². The van der Waals surface area contributed by atoms with Crippen molar-refractivity contribution < 1.29 is 13.2 Å². The van der Waals surface area contributed by atoms with Gasteiger partial charge in [-0.3, -0.25) is 4.79 Å². The van der Waals surface area contributed by atoms with Gasteiger partial charge in [-0.1, -0.05) is 6.92 Å². The van der Waals surface area contributed by atoms with Crippen molar-refractivity contribution >= 4 is 27.3 Å². The molecule has 2 unspecified atom stereocenters. The van der Waals surface area contributed by atoms with Crippen LogP contribution in [0.3, 0.4) is 0 Å². The van der Waals surface area contributed by atoms with Gasteiger partial charge in [0.15, 0.2) is 0 Å². The Morgan fingerprint density at radius 3 is 2.67 bits per heavy atom. The summed E-state index contributed by atoms with van der Waals surface area (Å²) in [7, 11) is -1.98. The van der Waals surface area contributed by atoms with Crippen LogP contribution in [0.5, 0.6) is 0 Å². The lowest BCUT2D eigenvalue weighted by Gasteiger charge is -2.16. The van der Waals surface area contributed by atoms with Gasteiger partial charge in [0.2, 0.25) is 10.0 Å². The third-order valence-electron chi connectivity index (χ3n) is 3.23. The van der Waals surface area contributed by atoms with Gasteiger partial charge in [0.1, 0.15) is 4.21 Å². The summed E-state index contributed by atoms with van der Waals surface area (Å²) in [6.45, 7) is 2.88. The summed E-state index contributed by atoms with van der Waals surface area (Å²) in [5, 5.41) is 6.55. The number of carbonyl (C=O) groups is 1. The molecule has 2 atom stereocenters. The van der Waals surface area contributed by atoms with E-state index in [1.807, 2.05) is 0 Å². The molecule has 1 aliphatic rings. The fourth-order valence-corrected chi connectivity index (χ4v) is 3.47. The highest BCUT2D eigenvalue weighted by Gasteiger charge is 2.34. The second kappa shape index (κ2) is 4.64. The topological polar surface area (TPSA) is 80.5 Å². The van der Waals surface area contributed by atoms with Crippen LogP contribution in [0, 0.1) is 11.8 Å². The Kier molecular flexibility index (Phi) is 3.48. The molecule has 1 fully saturated rings. The molecule has 1 aromatic rings. The van der Waals surface area contributed by atoms with Gasteiger partial charge in [-0.25, -0.2) is 13.6 Å². The molecular weight excluding hydrogens is 272 g/mol. The number of sulfonamides is 1. The number of nitrogens with two attached hydrogens (primary N) is 1. The summed E-state index contributed by atoms with van der Waals surface area (Å²) in [6.07, 6.45) is 1.16. The maximum atomic E-state index is 12.1. The van der Waals surface area contributed by atoms with Crippen molar-refractivity contribution in [3.63, 3.8) is 0 Å². The molecule has 1 aromatic heterocycles.